The molecule has 1 amide bonds. The predicted molar refractivity (Wildman–Crippen MR) is 97.6 cm³/mol. The molecule has 0 aliphatic carbocycles. The molecule has 0 heterocycles. The van der Waals surface area contributed by atoms with E-state index in [2.05, 4.69) is 5.32 Å². The van der Waals surface area contributed by atoms with Gasteiger partial charge in [0.1, 0.15) is 5.75 Å². The molecule has 0 aromatic heterocycles. The zero-order chi connectivity index (χ0) is 19.1. The highest BCUT2D eigenvalue weighted by Crippen LogP contribution is 2.17. The zero-order valence-electron chi connectivity index (χ0n) is 14.9. The fraction of sp³-hybridized carbons (Fsp3) is 0.250. The van der Waals surface area contributed by atoms with Crippen LogP contribution in [0.15, 0.2) is 48.5 Å². The van der Waals surface area contributed by atoms with E-state index in [9.17, 15) is 14.4 Å². The number of benzene rings is 2. The molecule has 6 heteroatoms. The number of ketones is 1. The van der Waals surface area contributed by atoms with Crippen LogP contribution >= 0.6 is 0 Å². The minimum absolute atomic E-state index is 0.0822. The van der Waals surface area contributed by atoms with Gasteiger partial charge in [-0.3, -0.25) is 9.59 Å². The van der Waals surface area contributed by atoms with Crippen LogP contribution in [0.1, 0.15) is 41.5 Å². The maximum atomic E-state index is 12.3. The monoisotopic (exact) mass is 355 g/mol. The number of carbonyl (C=O) groups is 3. The third kappa shape index (κ3) is 5.17. The van der Waals surface area contributed by atoms with Crippen molar-refractivity contribution in [2.24, 2.45) is 0 Å². The van der Waals surface area contributed by atoms with Crippen LogP contribution in [-0.4, -0.2) is 30.4 Å². The van der Waals surface area contributed by atoms with Crippen LogP contribution in [0.4, 0.5) is 5.69 Å². The molecule has 0 radical (unpaired) electrons. The van der Waals surface area contributed by atoms with Gasteiger partial charge in [0.25, 0.3) is 5.91 Å². The number of rotatable bonds is 7. The molecule has 26 heavy (non-hydrogen) atoms. The third-order valence-electron chi connectivity index (χ3n) is 3.56. The summed E-state index contributed by atoms with van der Waals surface area (Å²) in [6, 6.07) is 13.1. The lowest BCUT2D eigenvalue weighted by molar-refractivity contribution is -0.122. The van der Waals surface area contributed by atoms with Crippen LogP contribution in [0.25, 0.3) is 0 Å². The third-order valence-corrected chi connectivity index (χ3v) is 3.56. The van der Waals surface area contributed by atoms with Crippen molar-refractivity contribution in [1.29, 1.82) is 0 Å². The summed E-state index contributed by atoms with van der Waals surface area (Å²) in [5.41, 5.74) is 1.38. The van der Waals surface area contributed by atoms with E-state index in [-0.39, 0.29) is 18.3 Å². The number of hydrogen-bond acceptors (Lipinski definition) is 5. The van der Waals surface area contributed by atoms with E-state index >= 15 is 0 Å². The first-order valence-corrected chi connectivity index (χ1v) is 8.26. The summed E-state index contributed by atoms with van der Waals surface area (Å²) in [5, 5.41) is 2.71. The molecule has 0 fully saturated rings. The van der Waals surface area contributed by atoms with Gasteiger partial charge in [-0.05, 0) is 51.1 Å². The van der Waals surface area contributed by atoms with E-state index in [1.54, 1.807) is 56.3 Å². The second kappa shape index (κ2) is 8.80. The molecule has 1 N–H and O–H groups in total. The molecule has 2 aromatic rings. The SMILES string of the molecule is CCOC(=O)c1cccc(O[C@H](C)C(=O)Nc2cccc(C(C)=O)c2)c1. The number of nitrogens with one attached hydrogen (secondary N) is 1. The number of Topliss-reactive ketones (excluding diaryl/α,β-unsaturated/α-hetero) is 1. The van der Waals surface area contributed by atoms with Crippen LogP contribution in [0.3, 0.4) is 0 Å². The Hall–Kier alpha value is -3.15. The van der Waals surface area contributed by atoms with Gasteiger partial charge in [-0.25, -0.2) is 4.79 Å². The van der Waals surface area contributed by atoms with Gasteiger partial charge in [0.15, 0.2) is 11.9 Å². The molecular formula is C20H21NO5. The van der Waals surface area contributed by atoms with Crippen molar-refractivity contribution in [3.05, 3.63) is 59.7 Å². The smallest absolute Gasteiger partial charge is 0.338 e. The average molecular weight is 355 g/mol. The molecule has 0 saturated heterocycles. The second-order valence-electron chi connectivity index (χ2n) is 5.63. The van der Waals surface area contributed by atoms with Gasteiger partial charge in [-0.1, -0.05) is 18.2 Å². The van der Waals surface area contributed by atoms with Crippen LogP contribution < -0.4 is 10.1 Å². The fourth-order valence-electron chi connectivity index (χ4n) is 2.23. The first-order chi connectivity index (χ1) is 12.4. The summed E-state index contributed by atoms with van der Waals surface area (Å²) in [7, 11) is 0. The van der Waals surface area contributed by atoms with Crippen molar-refractivity contribution in [3.8, 4) is 5.75 Å². The highest BCUT2D eigenvalue weighted by molar-refractivity contribution is 5.98. The van der Waals surface area contributed by atoms with Gasteiger partial charge in [0.05, 0.1) is 12.2 Å². The van der Waals surface area contributed by atoms with Crippen LogP contribution in [0.5, 0.6) is 5.75 Å². The number of amides is 1. The first kappa shape index (κ1) is 19.2. The van der Waals surface area contributed by atoms with Crippen LogP contribution in [-0.2, 0) is 9.53 Å². The Morgan fingerprint density at radius 1 is 1.04 bits per heavy atom. The van der Waals surface area contributed by atoms with Crippen molar-refractivity contribution in [2.75, 3.05) is 11.9 Å². The molecule has 0 spiro atoms. The molecule has 0 saturated carbocycles. The molecule has 1 atom stereocenters. The largest absolute Gasteiger partial charge is 0.481 e. The summed E-state index contributed by atoms with van der Waals surface area (Å²) in [4.78, 5) is 35.5. The molecule has 0 aliphatic heterocycles. The maximum absolute atomic E-state index is 12.3. The Labute approximate surface area is 152 Å². The molecule has 2 rings (SSSR count). The molecule has 2 aromatic carbocycles. The lowest BCUT2D eigenvalue weighted by atomic mass is 10.1. The zero-order valence-corrected chi connectivity index (χ0v) is 14.9. The van der Waals surface area contributed by atoms with Gasteiger partial charge >= 0.3 is 5.97 Å². The molecule has 6 nitrogen and oxygen atoms in total. The molecule has 0 aliphatic rings. The summed E-state index contributed by atoms with van der Waals surface area (Å²) in [6.45, 7) is 5.07. The molecule has 0 unspecified atom stereocenters. The summed E-state index contributed by atoms with van der Waals surface area (Å²) >= 11 is 0. The van der Waals surface area contributed by atoms with E-state index in [0.717, 1.165) is 0 Å². The van der Waals surface area contributed by atoms with Gasteiger partial charge in [0.2, 0.25) is 0 Å². The van der Waals surface area contributed by atoms with Gasteiger partial charge in [0, 0.05) is 11.3 Å². The van der Waals surface area contributed by atoms with Crippen molar-refractivity contribution < 1.29 is 23.9 Å². The lowest BCUT2D eigenvalue weighted by Gasteiger charge is -2.15. The van der Waals surface area contributed by atoms with Crippen LogP contribution in [0.2, 0.25) is 0 Å². The minimum atomic E-state index is -0.798. The lowest BCUT2D eigenvalue weighted by Crippen LogP contribution is -2.30. The van der Waals surface area contributed by atoms with E-state index < -0.39 is 12.1 Å². The fourth-order valence-corrected chi connectivity index (χ4v) is 2.23. The summed E-state index contributed by atoms with van der Waals surface area (Å²) < 4.78 is 10.6. The van der Waals surface area contributed by atoms with Gasteiger partial charge < -0.3 is 14.8 Å². The van der Waals surface area contributed by atoms with Gasteiger partial charge in [-0.15, -0.1) is 0 Å². The van der Waals surface area contributed by atoms with Gasteiger partial charge in [-0.2, -0.15) is 0 Å². The number of esters is 1. The Morgan fingerprint density at radius 3 is 2.42 bits per heavy atom. The first-order valence-electron chi connectivity index (χ1n) is 8.26. The number of hydrogen-bond donors (Lipinski definition) is 1. The normalized spacial score (nSPS) is 11.3. The number of ether oxygens (including phenoxy) is 2. The highest BCUT2D eigenvalue weighted by Gasteiger charge is 2.16. The molecular weight excluding hydrogens is 334 g/mol. The number of anilines is 1. The topological polar surface area (TPSA) is 81.7 Å². The van der Waals surface area contributed by atoms with Crippen molar-refractivity contribution in [1.82, 2.24) is 0 Å². The average Bonchev–Trinajstić information content (AvgIpc) is 2.62. The quantitative estimate of drug-likeness (QED) is 0.607. The van der Waals surface area contributed by atoms with Crippen molar-refractivity contribution in [3.63, 3.8) is 0 Å². The van der Waals surface area contributed by atoms with Crippen LogP contribution in [0, 0.1) is 0 Å². The second-order valence-corrected chi connectivity index (χ2v) is 5.63. The predicted octanol–water partition coefficient (Wildman–Crippen LogP) is 3.47. The number of carbonyl (C=O) groups excluding carboxylic acids is 3. The van der Waals surface area contributed by atoms with E-state index in [0.29, 0.717) is 22.6 Å². The maximum Gasteiger partial charge on any atom is 0.338 e. The summed E-state index contributed by atoms with van der Waals surface area (Å²) in [5.74, 6) is -0.514. The van der Waals surface area contributed by atoms with Crippen molar-refractivity contribution >= 4 is 23.3 Å². The minimum Gasteiger partial charge on any atom is -0.481 e. The highest BCUT2D eigenvalue weighted by atomic mass is 16.5. The summed E-state index contributed by atoms with van der Waals surface area (Å²) in [6.07, 6.45) is -0.798. The molecule has 0 bridgehead atoms. The Kier molecular flexibility index (Phi) is 6.49. The Bertz CT molecular complexity index is 815. The standard InChI is InChI=1S/C20H21NO5/c1-4-25-20(24)16-8-6-10-18(12-16)26-14(3)19(23)21-17-9-5-7-15(11-17)13(2)22/h5-12,14H,4H2,1-3H3,(H,21,23)/t14-/m1/s1. The van der Waals surface area contributed by atoms with E-state index in [4.69, 9.17) is 9.47 Å². The van der Waals surface area contributed by atoms with E-state index in [1.807, 2.05) is 0 Å². The molecule has 136 valence electrons. The van der Waals surface area contributed by atoms with E-state index in [1.165, 1.54) is 13.0 Å². The Balaban J connectivity index is 2.03. The van der Waals surface area contributed by atoms with Crippen molar-refractivity contribution in [2.45, 2.75) is 26.9 Å². The Morgan fingerprint density at radius 2 is 1.73 bits per heavy atom.